The largest absolute Gasteiger partial charge is 0.416 e. The molecule has 0 radical (unpaired) electrons. The first-order chi connectivity index (χ1) is 11.9. The zero-order chi connectivity index (χ0) is 17.6. The summed E-state index contributed by atoms with van der Waals surface area (Å²) in [5, 5.41) is 3.47. The third-order valence-electron chi connectivity index (χ3n) is 5.19. The van der Waals surface area contributed by atoms with Crippen molar-refractivity contribution in [2.45, 2.75) is 38.1 Å². The van der Waals surface area contributed by atoms with E-state index in [2.05, 4.69) is 17.4 Å². The number of alkyl halides is 3. The maximum Gasteiger partial charge on any atom is 0.416 e. The highest BCUT2D eigenvalue weighted by Crippen LogP contribution is 2.50. The van der Waals surface area contributed by atoms with Crippen molar-refractivity contribution in [2.75, 3.05) is 11.9 Å². The van der Waals surface area contributed by atoms with Gasteiger partial charge in [-0.25, -0.2) is 0 Å². The van der Waals surface area contributed by atoms with Gasteiger partial charge in [-0.2, -0.15) is 13.2 Å². The number of anilines is 1. The van der Waals surface area contributed by atoms with Crippen molar-refractivity contribution in [2.24, 2.45) is 5.92 Å². The summed E-state index contributed by atoms with van der Waals surface area (Å²) in [5.74, 6) is 0.131. The summed E-state index contributed by atoms with van der Waals surface area (Å²) in [5.41, 5.74) is 3.08. The molecule has 0 bridgehead atoms. The molecule has 2 aromatic rings. The predicted octanol–water partition coefficient (Wildman–Crippen LogP) is 5.65. The van der Waals surface area contributed by atoms with E-state index in [9.17, 15) is 13.2 Å². The molecule has 5 heteroatoms. The van der Waals surface area contributed by atoms with E-state index in [0.29, 0.717) is 12.2 Å². The summed E-state index contributed by atoms with van der Waals surface area (Å²) in [6.07, 6.45) is -2.77. The van der Waals surface area contributed by atoms with Gasteiger partial charge in [0.25, 0.3) is 0 Å². The van der Waals surface area contributed by atoms with E-state index in [1.807, 2.05) is 19.1 Å². The quantitative estimate of drug-likeness (QED) is 0.720. The van der Waals surface area contributed by atoms with E-state index in [-0.39, 0.29) is 18.1 Å². The van der Waals surface area contributed by atoms with Gasteiger partial charge in [-0.15, -0.1) is 0 Å². The molecule has 0 saturated carbocycles. The highest BCUT2D eigenvalue weighted by atomic mass is 19.4. The topological polar surface area (TPSA) is 21.3 Å². The monoisotopic (exact) mass is 347 g/mol. The summed E-state index contributed by atoms with van der Waals surface area (Å²) in [6, 6.07) is 12.3. The minimum absolute atomic E-state index is 0.0504. The summed E-state index contributed by atoms with van der Waals surface area (Å²) in [6.45, 7) is 2.64. The van der Waals surface area contributed by atoms with Gasteiger partial charge < -0.3 is 10.1 Å². The first kappa shape index (κ1) is 16.5. The third kappa shape index (κ3) is 3.01. The maximum absolute atomic E-state index is 13.1. The molecule has 0 spiro atoms. The van der Waals surface area contributed by atoms with Crippen LogP contribution in [-0.2, 0) is 10.9 Å². The molecule has 0 aromatic heterocycles. The molecule has 132 valence electrons. The van der Waals surface area contributed by atoms with Gasteiger partial charge in [0.2, 0.25) is 0 Å². The van der Waals surface area contributed by atoms with Crippen LogP contribution in [0.1, 0.15) is 47.2 Å². The van der Waals surface area contributed by atoms with Crippen LogP contribution in [0, 0.1) is 12.8 Å². The molecule has 0 aliphatic carbocycles. The third-order valence-corrected chi connectivity index (χ3v) is 5.19. The van der Waals surface area contributed by atoms with Crippen LogP contribution in [0.25, 0.3) is 0 Å². The van der Waals surface area contributed by atoms with Crippen LogP contribution < -0.4 is 5.32 Å². The molecule has 3 atom stereocenters. The number of benzene rings is 2. The number of aryl methyl sites for hydroxylation is 1. The molecule has 0 amide bonds. The van der Waals surface area contributed by atoms with Gasteiger partial charge in [0.15, 0.2) is 0 Å². The number of nitrogens with one attached hydrogen (secondary N) is 1. The lowest BCUT2D eigenvalue weighted by molar-refractivity contribution is -0.137. The Bertz CT molecular complexity index is 787. The van der Waals surface area contributed by atoms with Crippen molar-refractivity contribution < 1.29 is 17.9 Å². The van der Waals surface area contributed by atoms with Gasteiger partial charge >= 0.3 is 6.18 Å². The first-order valence-corrected chi connectivity index (χ1v) is 8.59. The van der Waals surface area contributed by atoms with Crippen LogP contribution in [0.5, 0.6) is 0 Å². The minimum Gasteiger partial charge on any atom is -0.378 e. The highest BCUT2D eigenvalue weighted by molar-refractivity contribution is 5.58. The molecule has 1 N–H and O–H groups in total. The lowest BCUT2D eigenvalue weighted by atomic mass is 9.77. The summed E-state index contributed by atoms with van der Waals surface area (Å²) in [7, 11) is 0. The molecule has 1 fully saturated rings. The van der Waals surface area contributed by atoms with Crippen molar-refractivity contribution in [1.82, 2.24) is 0 Å². The number of halogens is 3. The highest BCUT2D eigenvalue weighted by Gasteiger charge is 2.41. The van der Waals surface area contributed by atoms with Crippen LogP contribution in [0.3, 0.4) is 0 Å². The van der Waals surface area contributed by atoms with E-state index in [1.165, 1.54) is 17.7 Å². The van der Waals surface area contributed by atoms with Gasteiger partial charge in [0, 0.05) is 23.8 Å². The van der Waals surface area contributed by atoms with Gasteiger partial charge in [0.1, 0.15) is 0 Å². The van der Waals surface area contributed by atoms with E-state index in [0.717, 1.165) is 30.2 Å². The van der Waals surface area contributed by atoms with Crippen LogP contribution in [0.15, 0.2) is 42.5 Å². The zero-order valence-corrected chi connectivity index (χ0v) is 13.9. The molecule has 3 unspecified atom stereocenters. The molecule has 2 aromatic carbocycles. The van der Waals surface area contributed by atoms with Gasteiger partial charge in [-0.1, -0.05) is 29.8 Å². The molecular formula is C20H20F3NO. The number of rotatable bonds is 1. The second-order valence-electron chi connectivity index (χ2n) is 6.93. The zero-order valence-electron chi connectivity index (χ0n) is 13.9. The van der Waals surface area contributed by atoms with Crippen molar-refractivity contribution >= 4 is 5.69 Å². The van der Waals surface area contributed by atoms with E-state index in [1.54, 1.807) is 0 Å². The summed E-state index contributed by atoms with van der Waals surface area (Å²) >= 11 is 0. The lowest BCUT2D eigenvalue weighted by Gasteiger charge is -2.43. The first-order valence-electron chi connectivity index (χ1n) is 8.59. The normalized spacial score (nSPS) is 25.7. The number of fused-ring (bicyclic) bond motifs is 3. The molecule has 2 aliphatic heterocycles. The van der Waals surface area contributed by atoms with Gasteiger partial charge in [-0.05, 0) is 43.5 Å². The fourth-order valence-electron chi connectivity index (χ4n) is 4.04. The summed E-state index contributed by atoms with van der Waals surface area (Å²) < 4.78 is 45.3. The molecule has 2 nitrogen and oxygen atoms in total. The maximum atomic E-state index is 13.1. The van der Waals surface area contributed by atoms with E-state index < -0.39 is 11.7 Å². The Morgan fingerprint density at radius 3 is 2.72 bits per heavy atom. The standard InChI is InChI=1S/C20H20F3NO/c1-12-4-2-5-13(10-12)18-15-6-3-9-25-19(15)16-11-14(20(21,22)23)7-8-17(16)24-18/h2,4-5,7-8,10-11,15,18-19,24H,3,6,9H2,1H3. The Morgan fingerprint density at radius 1 is 1.12 bits per heavy atom. The molecule has 2 aliphatic rings. The number of hydrogen-bond acceptors (Lipinski definition) is 2. The number of hydrogen-bond donors (Lipinski definition) is 1. The Kier molecular flexibility index (Phi) is 3.99. The minimum atomic E-state index is -4.34. The fourth-order valence-corrected chi connectivity index (χ4v) is 4.04. The van der Waals surface area contributed by atoms with Crippen molar-refractivity contribution in [3.05, 3.63) is 64.7 Å². The molecule has 4 rings (SSSR count). The Hall–Kier alpha value is -2.01. The lowest BCUT2D eigenvalue weighted by Crippen LogP contribution is -2.36. The van der Waals surface area contributed by atoms with E-state index >= 15 is 0 Å². The van der Waals surface area contributed by atoms with Crippen LogP contribution in [0.2, 0.25) is 0 Å². The second-order valence-corrected chi connectivity index (χ2v) is 6.93. The molecular weight excluding hydrogens is 327 g/mol. The second kappa shape index (κ2) is 6.06. The van der Waals surface area contributed by atoms with Crippen LogP contribution >= 0.6 is 0 Å². The van der Waals surface area contributed by atoms with Gasteiger partial charge in [0.05, 0.1) is 17.7 Å². The average Bonchev–Trinajstić information content (AvgIpc) is 2.60. The smallest absolute Gasteiger partial charge is 0.378 e. The molecule has 1 saturated heterocycles. The van der Waals surface area contributed by atoms with Crippen molar-refractivity contribution in [3.8, 4) is 0 Å². The van der Waals surface area contributed by atoms with Crippen molar-refractivity contribution in [3.63, 3.8) is 0 Å². The summed E-state index contributed by atoms with van der Waals surface area (Å²) in [4.78, 5) is 0. The SMILES string of the molecule is Cc1cccc(C2Nc3ccc(C(F)(F)F)cc3C3OCCCC23)c1. The Labute approximate surface area is 145 Å². The van der Waals surface area contributed by atoms with Gasteiger partial charge in [-0.3, -0.25) is 0 Å². The molecule has 25 heavy (non-hydrogen) atoms. The predicted molar refractivity (Wildman–Crippen MR) is 90.4 cm³/mol. The Balaban J connectivity index is 1.78. The van der Waals surface area contributed by atoms with E-state index in [4.69, 9.17) is 4.74 Å². The van der Waals surface area contributed by atoms with Crippen molar-refractivity contribution in [1.29, 1.82) is 0 Å². The average molecular weight is 347 g/mol. The van der Waals surface area contributed by atoms with Crippen LogP contribution in [-0.4, -0.2) is 6.61 Å². The van der Waals surface area contributed by atoms with Crippen LogP contribution in [0.4, 0.5) is 18.9 Å². The number of ether oxygens (including phenoxy) is 1. The Morgan fingerprint density at radius 2 is 1.96 bits per heavy atom. The fraction of sp³-hybridized carbons (Fsp3) is 0.400. The molecule has 2 heterocycles.